The van der Waals surface area contributed by atoms with Crippen LogP contribution in [0.3, 0.4) is 0 Å². The van der Waals surface area contributed by atoms with Gasteiger partial charge in [0, 0.05) is 26.2 Å². The van der Waals surface area contributed by atoms with Crippen LogP contribution in [-0.4, -0.2) is 37.4 Å². The zero-order valence-electron chi connectivity index (χ0n) is 7.67. The lowest BCUT2D eigenvalue weighted by Gasteiger charge is -2.11. The van der Waals surface area contributed by atoms with Gasteiger partial charge in [-0.15, -0.1) is 0 Å². The van der Waals surface area contributed by atoms with Crippen LogP contribution in [0.5, 0.6) is 0 Å². The van der Waals surface area contributed by atoms with Crippen LogP contribution in [0.1, 0.15) is 19.8 Å². The molecule has 0 saturated carbocycles. The van der Waals surface area contributed by atoms with Gasteiger partial charge in [0.1, 0.15) is 0 Å². The van der Waals surface area contributed by atoms with E-state index >= 15 is 0 Å². The van der Waals surface area contributed by atoms with E-state index in [0.29, 0.717) is 19.4 Å². The molecule has 1 unspecified atom stereocenters. The molecule has 0 rings (SSSR count). The molecule has 0 bridgehead atoms. The molecule has 0 heterocycles. The second kappa shape index (κ2) is 7.06. The number of carbonyl (C=O) groups excluding carboxylic acids is 1. The van der Waals surface area contributed by atoms with Gasteiger partial charge in [0.2, 0.25) is 5.91 Å². The highest BCUT2D eigenvalue weighted by Crippen LogP contribution is 1.89. The summed E-state index contributed by atoms with van der Waals surface area (Å²) in [5, 5.41) is 11.2. The van der Waals surface area contributed by atoms with E-state index in [-0.39, 0.29) is 18.6 Å². The molecule has 0 spiro atoms. The topological polar surface area (TPSA) is 58.6 Å². The highest BCUT2D eigenvalue weighted by atomic mass is 16.5. The van der Waals surface area contributed by atoms with E-state index in [9.17, 15) is 4.79 Å². The van der Waals surface area contributed by atoms with Crippen LogP contribution >= 0.6 is 0 Å². The van der Waals surface area contributed by atoms with Crippen molar-refractivity contribution in [2.24, 2.45) is 0 Å². The normalized spacial score (nSPS) is 12.6. The Balaban J connectivity index is 3.40. The fourth-order valence-electron chi connectivity index (χ4n) is 0.878. The number of rotatable bonds is 6. The minimum absolute atomic E-state index is 0.0337. The van der Waals surface area contributed by atoms with Gasteiger partial charge in [-0.2, -0.15) is 0 Å². The summed E-state index contributed by atoms with van der Waals surface area (Å²) in [5.41, 5.74) is 0. The number of amides is 1. The zero-order valence-corrected chi connectivity index (χ0v) is 7.67. The van der Waals surface area contributed by atoms with Gasteiger partial charge in [-0.3, -0.25) is 4.79 Å². The van der Waals surface area contributed by atoms with E-state index in [4.69, 9.17) is 9.84 Å². The molecule has 0 aliphatic heterocycles. The SMILES string of the molecule is COCC(C)NC(=O)CCCO. The summed E-state index contributed by atoms with van der Waals surface area (Å²) in [6.45, 7) is 2.46. The first-order valence-corrected chi connectivity index (χ1v) is 4.10. The minimum atomic E-state index is -0.0337. The van der Waals surface area contributed by atoms with Crippen LogP contribution in [0.15, 0.2) is 0 Å². The Bertz CT molecular complexity index is 127. The van der Waals surface area contributed by atoms with Crippen LogP contribution in [0, 0.1) is 0 Å². The maximum absolute atomic E-state index is 11.0. The predicted molar refractivity (Wildman–Crippen MR) is 45.8 cm³/mol. The molecule has 1 amide bonds. The Kier molecular flexibility index (Phi) is 6.70. The Morgan fingerprint density at radius 3 is 2.83 bits per heavy atom. The molecule has 1 atom stereocenters. The van der Waals surface area contributed by atoms with Gasteiger partial charge in [-0.25, -0.2) is 0 Å². The van der Waals surface area contributed by atoms with Crippen molar-refractivity contribution >= 4 is 5.91 Å². The first-order chi connectivity index (χ1) is 5.70. The third-order valence-corrected chi connectivity index (χ3v) is 1.39. The van der Waals surface area contributed by atoms with Gasteiger partial charge in [-0.05, 0) is 13.3 Å². The number of hydrogen-bond donors (Lipinski definition) is 2. The summed E-state index contributed by atoms with van der Waals surface area (Å²) < 4.78 is 4.84. The molecule has 2 N–H and O–H groups in total. The first kappa shape index (κ1) is 11.4. The van der Waals surface area contributed by atoms with Crippen molar-refractivity contribution < 1.29 is 14.6 Å². The second-order valence-electron chi connectivity index (χ2n) is 2.75. The van der Waals surface area contributed by atoms with E-state index in [1.54, 1.807) is 7.11 Å². The molecule has 72 valence electrons. The molecule has 0 aliphatic rings. The number of aliphatic hydroxyl groups is 1. The summed E-state index contributed by atoms with van der Waals surface area (Å²) in [5.74, 6) is -0.0337. The van der Waals surface area contributed by atoms with Crippen molar-refractivity contribution in [2.75, 3.05) is 20.3 Å². The van der Waals surface area contributed by atoms with E-state index < -0.39 is 0 Å². The molecule has 0 radical (unpaired) electrons. The molecule has 0 aliphatic carbocycles. The minimum Gasteiger partial charge on any atom is -0.396 e. The van der Waals surface area contributed by atoms with Gasteiger partial charge < -0.3 is 15.2 Å². The average molecular weight is 175 g/mol. The highest BCUT2D eigenvalue weighted by molar-refractivity contribution is 5.76. The summed E-state index contributed by atoms with van der Waals surface area (Å²) in [7, 11) is 1.59. The summed E-state index contributed by atoms with van der Waals surface area (Å²) in [6.07, 6.45) is 0.899. The monoisotopic (exact) mass is 175 g/mol. The van der Waals surface area contributed by atoms with Gasteiger partial charge >= 0.3 is 0 Å². The van der Waals surface area contributed by atoms with Crippen LogP contribution < -0.4 is 5.32 Å². The summed E-state index contributed by atoms with van der Waals surface area (Å²) in [4.78, 5) is 11.0. The van der Waals surface area contributed by atoms with E-state index in [0.717, 1.165) is 0 Å². The smallest absolute Gasteiger partial charge is 0.220 e. The largest absolute Gasteiger partial charge is 0.396 e. The van der Waals surface area contributed by atoms with Crippen molar-refractivity contribution in [3.63, 3.8) is 0 Å². The molecule has 0 aromatic rings. The first-order valence-electron chi connectivity index (χ1n) is 4.10. The lowest BCUT2D eigenvalue weighted by atomic mass is 10.3. The molecular formula is C8H17NO3. The lowest BCUT2D eigenvalue weighted by Crippen LogP contribution is -2.35. The maximum atomic E-state index is 11.0. The Morgan fingerprint density at radius 1 is 1.67 bits per heavy atom. The van der Waals surface area contributed by atoms with E-state index in [1.807, 2.05) is 6.92 Å². The second-order valence-corrected chi connectivity index (χ2v) is 2.75. The number of hydrogen-bond acceptors (Lipinski definition) is 3. The van der Waals surface area contributed by atoms with Gasteiger partial charge in [-0.1, -0.05) is 0 Å². The van der Waals surface area contributed by atoms with Crippen molar-refractivity contribution in [2.45, 2.75) is 25.8 Å². The van der Waals surface area contributed by atoms with Crippen LogP contribution in [0.2, 0.25) is 0 Å². The third kappa shape index (κ3) is 6.12. The van der Waals surface area contributed by atoms with Crippen molar-refractivity contribution in [1.82, 2.24) is 5.32 Å². The molecule has 0 aromatic carbocycles. The number of carbonyl (C=O) groups is 1. The predicted octanol–water partition coefficient (Wildman–Crippen LogP) is -0.0900. The summed E-state index contributed by atoms with van der Waals surface area (Å²) >= 11 is 0. The van der Waals surface area contributed by atoms with Crippen molar-refractivity contribution in [3.8, 4) is 0 Å². The molecule has 0 aromatic heterocycles. The summed E-state index contributed by atoms with van der Waals surface area (Å²) in [6, 6.07) is 0.0428. The molecule has 12 heavy (non-hydrogen) atoms. The fourth-order valence-corrected chi connectivity index (χ4v) is 0.878. The number of ether oxygens (including phenoxy) is 1. The van der Waals surface area contributed by atoms with E-state index in [2.05, 4.69) is 5.32 Å². The van der Waals surface area contributed by atoms with Crippen LogP contribution in [-0.2, 0) is 9.53 Å². The van der Waals surface area contributed by atoms with Gasteiger partial charge in [0.05, 0.1) is 6.61 Å². The zero-order chi connectivity index (χ0) is 9.40. The van der Waals surface area contributed by atoms with Gasteiger partial charge in [0.25, 0.3) is 0 Å². The van der Waals surface area contributed by atoms with E-state index in [1.165, 1.54) is 0 Å². The molecule has 4 nitrogen and oxygen atoms in total. The Hall–Kier alpha value is -0.610. The highest BCUT2D eigenvalue weighted by Gasteiger charge is 2.05. The fraction of sp³-hybridized carbons (Fsp3) is 0.875. The molecular weight excluding hydrogens is 158 g/mol. The maximum Gasteiger partial charge on any atom is 0.220 e. The standard InChI is InChI=1S/C8H17NO3/c1-7(6-12-2)9-8(11)4-3-5-10/h7,10H,3-6H2,1-2H3,(H,9,11). The number of nitrogens with one attached hydrogen (secondary N) is 1. The van der Waals surface area contributed by atoms with Crippen LogP contribution in [0.4, 0.5) is 0 Å². The number of aliphatic hydroxyl groups excluding tert-OH is 1. The van der Waals surface area contributed by atoms with Crippen molar-refractivity contribution in [1.29, 1.82) is 0 Å². The molecule has 0 saturated heterocycles. The molecule has 4 heteroatoms. The average Bonchev–Trinajstić information content (AvgIpc) is 2.01. The molecule has 0 fully saturated rings. The lowest BCUT2D eigenvalue weighted by molar-refractivity contribution is -0.122. The quantitative estimate of drug-likeness (QED) is 0.593. The van der Waals surface area contributed by atoms with Crippen LogP contribution in [0.25, 0.3) is 0 Å². The number of methoxy groups -OCH3 is 1. The van der Waals surface area contributed by atoms with Gasteiger partial charge in [0.15, 0.2) is 0 Å². The third-order valence-electron chi connectivity index (χ3n) is 1.39. The Labute approximate surface area is 72.9 Å². The van der Waals surface area contributed by atoms with Crippen molar-refractivity contribution in [3.05, 3.63) is 0 Å². The Morgan fingerprint density at radius 2 is 2.33 bits per heavy atom.